The molecule has 0 aliphatic carbocycles. The Morgan fingerprint density at radius 3 is 2.32 bits per heavy atom. The largest absolute Gasteiger partial charge is 0.461 e. The van der Waals surface area contributed by atoms with E-state index in [1.807, 2.05) is 0 Å². The quantitative estimate of drug-likeness (QED) is 0.855. The van der Waals surface area contributed by atoms with Gasteiger partial charge in [-0.05, 0) is 37.1 Å². The Balaban J connectivity index is 0.00000180. The maximum Gasteiger partial charge on any atom is 0.461 e. The standard InChI is InChI=1S/C12H13F4NO.ClH/c13-11(14)12(15,16)18-9-5-3-8(4-6-9)10-2-1-7-17-10;/h3-6,10-11,17H,1-2,7H2;1H/t10-;/m0./s1. The minimum atomic E-state index is -4.45. The third-order valence-electron chi connectivity index (χ3n) is 2.85. The molecule has 1 aromatic rings. The van der Waals surface area contributed by atoms with Crippen LogP contribution >= 0.6 is 12.4 Å². The van der Waals surface area contributed by atoms with E-state index in [4.69, 9.17) is 0 Å². The summed E-state index contributed by atoms with van der Waals surface area (Å²) >= 11 is 0. The molecule has 1 fully saturated rings. The molecule has 1 aromatic carbocycles. The third kappa shape index (κ3) is 3.98. The molecule has 1 N–H and O–H groups in total. The zero-order valence-electron chi connectivity index (χ0n) is 9.91. The molecule has 19 heavy (non-hydrogen) atoms. The summed E-state index contributed by atoms with van der Waals surface area (Å²) in [5.41, 5.74) is 0.945. The highest BCUT2D eigenvalue weighted by atomic mass is 35.5. The highest BCUT2D eigenvalue weighted by Gasteiger charge is 2.43. The fourth-order valence-corrected chi connectivity index (χ4v) is 1.94. The van der Waals surface area contributed by atoms with E-state index in [0.717, 1.165) is 24.9 Å². The summed E-state index contributed by atoms with van der Waals surface area (Å²) in [7, 11) is 0. The van der Waals surface area contributed by atoms with Crippen molar-refractivity contribution in [3.63, 3.8) is 0 Å². The SMILES string of the molecule is Cl.FC(F)C(F)(F)Oc1ccc([C@@H]2CCCN2)cc1. The van der Waals surface area contributed by atoms with Crippen LogP contribution < -0.4 is 10.1 Å². The summed E-state index contributed by atoms with van der Waals surface area (Å²) in [4.78, 5) is 0. The number of hydrogen-bond acceptors (Lipinski definition) is 2. The lowest BCUT2D eigenvalue weighted by molar-refractivity contribution is -0.253. The average Bonchev–Trinajstić information content (AvgIpc) is 2.83. The maximum atomic E-state index is 12.6. The number of rotatable bonds is 4. The third-order valence-corrected chi connectivity index (χ3v) is 2.85. The summed E-state index contributed by atoms with van der Waals surface area (Å²) in [6, 6.07) is 5.99. The Bertz CT molecular complexity index is 393. The Morgan fingerprint density at radius 2 is 1.84 bits per heavy atom. The first-order chi connectivity index (χ1) is 8.49. The number of nitrogens with one attached hydrogen (secondary N) is 1. The second-order valence-electron chi connectivity index (χ2n) is 4.18. The Kier molecular flexibility index (Phi) is 5.43. The van der Waals surface area contributed by atoms with Crippen molar-refractivity contribution in [3.05, 3.63) is 29.8 Å². The minimum absolute atomic E-state index is 0. The van der Waals surface area contributed by atoms with E-state index >= 15 is 0 Å². The van der Waals surface area contributed by atoms with Gasteiger partial charge in [-0.15, -0.1) is 12.4 Å². The zero-order valence-corrected chi connectivity index (χ0v) is 10.7. The molecule has 1 heterocycles. The van der Waals surface area contributed by atoms with Crippen LogP contribution in [0.2, 0.25) is 0 Å². The molecular formula is C12H14ClF4NO. The van der Waals surface area contributed by atoms with E-state index < -0.39 is 12.5 Å². The first kappa shape index (κ1) is 16.0. The second-order valence-corrected chi connectivity index (χ2v) is 4.18. The summed E-state index contributed by atoms with van der Waals surface area (Å²) in [5, 5.41) is 3.25. The normalized spacial score (nSPS) is 19.3. The van der Waals surface area contributed by atoms with Crippen LogP contribution in [0.25, 0.3) is 0 Å². The molecule has 7 heteroatoms. The molecule has 1 saturated heterocycles. The van der Waals surface area contributed by atoms with E-state index in [1.165, 1.54) is 12.1 Å². The summed E-state index contributed by atoms with van der Waals surface area (Å²) in [6.07, 6.45) is -6.25. The first-order valence-electron chi connectivity index (χ1n) is 5.67. The second kappa shape index (κ2) is 6.43. The van der Waals surface area contributed by atoms with Crippen LogP contribution in [0, 0.1) is 0 Å². The van der Waals surface area contributed by atoms with Crippen molar-refractivity contribution in [1.29, 1.82) is 0 Å². The summed E-state index contributed by atoms with van der Waals surface area (Å²) in [5.74, 6) is -0.262. The van der Waals surface area contributed by atoms with Crippen LogP contribution in [0.3, 0.4) is 0 Å². The van der Waals surface area contributed by atoms with Crippen molar-refractivity contribution in [3.8, 4) is 5.75 Å². The van der Waals surface area contributed by atoms with E-state index in [9.17, 15) is 17.6 Å². The molecule has 0 radical (unpaired) electrons. The van der Waals surface area contributed by atoms with Gasteiger partial charge >= 0.3 is 12.5 Å². The minimum Gasteiger partial charge on any atom is -0.428 e. The van der Waals surface area contributed by atoms with Crippen molar-refractivity contribution in [2.75, 3.05) is 6.54 Å². The molecule has 1 atom stereocenters. The molecule has 2 nitrogen and oxygen atoms in total. The van der Waals surface area contributed by atoms with Gasteiger partial charge in [-0.3, -0.25) is 0 Å². The van der Waals surface area contributed by atoms with E-state index in [1.54, 1.807) is 12.1 Å². The molecule has 0 bridgehead atoms. The predicted molar refractivity (Wildman–Crippen MR) is 65.2 cm³/mol. The molecular weight excluding hydrogens is 286 g/mol. The lowest BCUT2D eigenvalue weighted by Crippen LogP contribution is -2.33. The molecule has 0 amide bonds. The van der Waals surface area contributed by atoms with Gasteiger partial charge in [0.15, 0.2) is 0 Å². The zero-order chi connectivity index (χ0) is 13.2. The lowest BCUT2D eigenvalue weighted by Gasteiger charge is -2.17. The van der Waals surface area contributed by atoms with Crippen LogP contribution in [0.1, 0.15) is 24.4 Å². The molecule has 0 unspecified atom stereocenters. The fraction of sp³-hybridized carbons (Fsp3) is 0.500. The van der Waals surface area contributed by atoms with Crippen LogP contribution in [0.5, 0.6) is 5.75 Å². The monoisotopic (exact) mass is 299 g/mol. The number of hydrogen-bond donors (Lipinski definition) is 1. The van der Waals surface area contributed by atoms with Gasteiger partial charge < -0.3 is 10.1 Å². The molecule has 108 valence electrons. The fourth-order valence-electron chi connectivity index (χ4n) is 1.94. The predicted octanol–water partition coefficient (Wildman–Crippen LogP) is 3.77. The van der Waals surface area contributed by atoms with Gasteiger partial charge in [0.05, 0.1) is 0 Å². The van der Waals surface area contributed by atoms with Gasteiger partial charge in [0.2, 0.25) is 0 Å². The Labute approximate surface area is 114 Å². The van der Waals surface area contributed by atoms with Crippen LogP contribution in [0.4, 0.5) is 17.6 Å². The van der Waals surface area contributed by atoms with Gasteiger partial charge in [0, 0.05) is 6.04 Å². The van der Waals surface area contributed by atoms with Crippen LogP contribution in [-0.4, -0.2) is 19.1 Å². The van der Waals surface area contributed by atoms with Crippen LogP contribution in [-0.2, 0) is 0 Å². The van der Waals surface area contributed by atoms with Gasteiger partial charge in [-0.25, -0.2) is 0 Å². The van der Waals surface area contributed by atoms with Gasteiger partial charge in [0.1, 0.15) is 5.75 Å². The van der Waals surface area contributed by atoms with Gasteiger partial charge in [-0.2, -0.15) is 17.6 Å². The summed E-state index contributed by atoms with van der Waals surface area (Å²) < 4.78 is 53.2. The van der Waals surface area contributed by atoms with E-state index in [0.29, 0.717) is 0 Å². The van der Waals surface area contributed by atoms with Gasteiger partial charge in [0.25, 0.3) is 0 Å². The van der Waals surface area contributed by atoms with Crippen molar-refractivity contribution >= 4 is 12.4 Å². The number of benzene rings is 1. The van der Waals surface area contributed by atoms with E-state index in [2.05, 4.69) is 10.1 Å². The Hall–Kier alpha value is -1.01. The molecule has 0 saturated carbocycles. The van der Waals surface area contributed by atoms with Crippen LogP contribution in [0.15, 0.2) is 24.3 Å². The van der Waals surface area contributed by atoms with Crippen molar-refractivity contribution in [2.45, 2.75) is 31.4 Å². The number of ether oxygens (including phenoxy) is 1. The van der Waals surface area contributed by atoms with Gasteiger partial charge in [-0.1, -0.05) is 12.1 Å². The smallest absolute Gasteiger partial charge is 0.428 e. The highest BCUT2D eigenvalue weighted by molar-refractivity contribution is 5.85. The maximum absolute atomic E-state index is 12.6. The van der Waals surface area contributed by atoms with E-state index in [-0.39, 0.29) is 24.2 Å². The molecule has 0 spiro atoms. The van der Waals surface area contributed by atoms with Crippen molar-refractivity contribution in [2.24, 2.45) is 0 Å². The number of alkyl halides is 4. The highest BCUT2D eigenvalue weighted by Crippen LogP contribution is 2.29. The first-order valence-corrected chi connectivity index (χ1v) is 5.67. The molecule has 1 aliphatic rings. The molecule has 2 rings (SSSR count). The number of halogens is 5. The molecule has 1 aliphatic heterocycles. The van der Waals surface area contributed by atoms with Crippen molar-refractivity contribution < 1.29 is 22.3 Å². The lowest BCUT2D eigenvalue weighted by atomic mass is 10.1. The van der Waals surface area contributed by atoms with Crippen molar-refractivity contribution in [1.82, 2.24) is 5.32 Å². The summed E-state index contributed by atoms with van der Waals surface area (Å²) in [6.45, 7) is 0.923. The Morgan fingerprint density at radius 1 is 1.21 bits per heavy atom. The average molecular weight is 300 g/mol. The topological polar surface area (TPSA) is 21.3 Å². The molecule has 0 aromatic heterocycles.